The van der Waals surface area contributed by atoms with Gasteiger partial charge < -0.3 is 10.6 Å². The SMILES string of the molecule is Cc1nc(CNC(=O)C2Cc3ccccc3N2)cs1. The number of hydrogen-bond acceptors (Lipinski definition) is 4. The summed E-state index contributed by atoms with van der Waals surface area (Å²) in [6.45, 7) is 2.46. The zero-order valence-electron chi connectivity index (χ0n) is 10.6. The molecule has 1 aromatic heterocycles. The van der Waals surface area contributed by atoms with Crippen LogP contribution in [0, 0.1) is 6.92 Å². The molecule has 0 aliphatic carbocycles. The van der Waals surface area contributed by atoms with Crippen LogP contribution in [-0.2, 0) is 17.8 Å². The summed E-state index contributed by atoms with van der Waals surface area (Å²) in [5, 5.41) is 9.18. The molecule has 5 heteroatoms. The van der Waals surface area contributed by atoms with Crippen molar-refractivity contribution in [2.24, 2.45) is 0 Å². The van der Waals surface area contributed by atoms with Crippen molar-refractivity contribution in [3.8, 4) is 0 Å². The molecule has 0 saturated heterocycles. The molecule has 0 spiro atoms. The number of rotatable bonds is 3. The Bertz CT molecular complexity index is 583. The minimum atomic E-state index is -0.169. The van der Waals surface area contributed by atoms with Gasteiger partial charge in [0.2, 0.25) is 5.91 Å². The lowest BCUT2D eigenvalue weighted by atomic mass is 10.1. The number of anilines is 1. The molecular formula is C14H15N3OS. The number of aryl methyl sites for hydroxylation is 1. The molecule has 98 valence electrons. The molecule has 2 aromatic rings. The molecule has 3 rings (SSSR count). The van der Waals surface area contributed by atoms with Gasteiger partial charge in [0.25, 0.3) is 0 Å². The summed E-state index contributed by atoms with van der Waals surface area (Å²) in [6, 6.07) is 7.87. The Balaban J connectivity index is 1.58. The first-order chi connectivity index (χ1) is 9.22. The van der Waals surface area contributed by atoms with E-state index in [-0.39, 0.29) is 11.9 Å². The van der Waals surface area contributed by atoms with E-state index in [0.29, 0.717) is 6.54 Å². The van der Waals surface area contributed by atoms with Crippen molar-refractivity contribution >= 4 is 22.9 Å². The van der Waals surface area contributed by atoms with E-state index in [1.807, 2.05) is 30.5 Å². The third-order valence-electron chi connectivity index (χ3n) is 3.20. The number of fused-ring (bicyclic) bond motifs is 1. The van der Waals surface area contributed by atoms with E-state index in [4.69, 9.17) is 0 Å². The highest BCUT2D eigenvalue weighted by molar-refractivity contribution is 7.09. The zero-order chi connectivity index (χ0) is 13.2. The van der Waals surface area contributed by atoms with Crippen LogP contribution in [0.1, 0.15) is 16.3 Å². The van der Waals surface area contributed by atoms with Crippen LogP contribution >= 0.6 is 11.3 Å². The van der Waals surface area contributed by atoms with Gasteiger partial charge in [0.05, 0.1) is 17.2 Å². The summed E-state index contributed by atoms with van der Waals surface area (Å²) in [6.07, 6.45) is 0.748. The second-order valence-electron chi connectivity index (χ2n) is 4.63. The minimum Gasteiger partial charge on any atom is -0.373 e. The molecule has 1 atom stereocenters. The summed E-state index contributed by atoms with van der Waals surface area (Å²) < 4.78 is 0. The van der Waals surface area contributed by atoms with E-state index in [0.717, 1.165) is 22.8 Å². The first-order valence-electron chi connectivity index (χ1n) is 6.25. The smallest absolute Gasteiger partial charge is 0.243 e. The number of para-hydroxylation sites is 1. The van der Waals surface area contributed by atoms with Gasteiger partial charge in [-0.3, -0.25) is 4.79 Å². The van der Waals surface area contributed by atoms with Gasteiger partial charge in [0.1, 0.15) is 6.04 Å². The maximum Gasteiger partial charge on any atom is 0.243 e. The first kappa shape index (κ1) is 12.2. The van der Waals surface area contributed by atoms with Gasteiger partial charge in [0.15, 0.2) is 0 Å². The van der Waals surface area contributed by atoms with Gasteiger partial charge in [-0.25, -0.2) is 4.98 Å². The van der Waals surface area contributed by atoms with Crippen molar-refractivity contribution in [2.75, 3.05) is 5.32 Å². The van der Waals surface area contributed by atoms with Gasteiger partial charge >= 0.3 is 0 Å². The summed E-state index contributed by atoms with van der Waals surface area (Å²) >= 11 is 1.60. The van der Waals surface area contributed by atoms with Crippen LogP contribution in [0.3, 0.4) is 0 Å². The molecule has 2 N–H and O–H groups in total. The van der Waals surface area contributed by atoms with E-state index in [9.17, 15) is 4.79 Å². The Kier molecular flexibility index (Phi) is 3.21. The molecular weight excluding hydrogens is 258 g/mol. The van der Waals surface area contributed by atoms with Crippen molar-refractivity contribution in [3.05, 3.63) is 45.9 Å². The van der Waals surface area contributed by atoms with E-state index >= 15 is 0 Å². The number of carbonyl (C=O) groups excluding carboxylic acids is 1. The van der Waals surface area contributed by atoms with Gasteiger partial charge in [-0.2, -0.15) is 0 Å². The third kappa shape index (κ3) is 2.61. The molecule has 1 aliphatic heterocycles. The number of thiazole rings is 1. The molecule has 0 fully saturated rings. The van der Waals surface area contributed by atoms with E-state index in [1.165, 1.54) is 5.56 Å². The quantitative estimate of drug-likeness (QED) is 0.900. The number of nitrogens with zero attached hydrogens (tertiary/aromatic N) is 1. The van der Waals surface area contributed by atoms with Crippen LogP contribution in [0.5, 0.6) is 0 Å². The number of aromatic nitrogens is 1. The standard InChI is InChI=1S/C14H15N3OS/c1-9-16-11(8-19-9)7-15-14(18)13-6-10-4-2-3-5-12(10)17-13/h2-5,8,13,17H,6-7H2,1H3,(H,15,18). The lowest BCUT2D eigenvalue weighted by Crippen LogP contribution is -2.38. The van der Waals surface area contributed by atoms with Crippen LogP contribution in [0.2, 0.25) is 0 Å². The summed E-state index contributed by atoms with van der Waals surface area (Å²) in [5.74, 6) is 0.0295. The van der Waals surface area contributed by atoms with Crippen LogP contribution in [0.25, 0.3) is 0 Å². The maximum atomic E-state index is 12.1. The largest absolute Gasteiger partial charge is 0.373 e. The van der Waals surface area contributed by atoms with Crippen molar-refractivity contribution < 1.29 is 4.79 Å². The van der Waals surface area contributed by atoms with Gasteiger partial charge in [-0.1, -0.05) is 18.2 Å². The lowest BCUT2D eigenvalue weighted by Gasteiger charge is -2.11. The Labute approximate surface area is 115 Å². The third-order valence-corrected chi connectivity index (χ3v) is 4.02. The molecule has 1 aliphatic rings. The Morgan fingerprint density at radius 1 is 1.53 bits per heavy atom. The van der Waals surface area contributed by atoms with Gasteiger partial charge in [-0.15, -0.1) is 11.3 Å². The van der Waals surface area contributed by atoms with Crippen LogP contribution in [0.15, 0.2) is 29.6 Å². The number of amides is 1. The second-order valence-corrected chi connectivity index (χ2v) is 5.70. The fourth-order valence-electron chi connectivity index (χ4n) is 2.25. The van der Waals surface area contributed by atoms with E-state index < -0.39 is 0 Å². The first-order valence-corrected chi connectivity index (χ1v) is 7.13. The molecule has 1 amide bonds. The van der Waals surface area contributed by atoms with Crippen molar-refractivity contribution in [1.29, 1.82) is 0 Å². The van der Waals surface area contributed by atoms with Crippen molar-refractivity contribution in [2.45, 2.75) is 25.9 Å². The fraction of sp³-hybridized carbons (Fsp3) is 0.286. The average Bonchev–Trinajstić information content (AvgIpc) is 3.01. The summed E-state index contributed by atoms with van der Waals surface area (Å²) in [7, 11) is 0. The summed E-state index contributed by atoms with van der Waals surface area (Å²) in [4.78, 5) is 16.4. The highest BCUT2D eigenvalue weighted by Gasteiger charge is 2.25. The molecule has 4 nitrogen and oxygen atoms in total. The molecule has 19 heavy (non-hydrogen) atoms. The fourth-order valence-corrected chi connectivity index (χ4v) is 2.86. The van der Waals surface area contributed by atoms with Crippen LogP contribution in [-0.4, -0.2) is 16.9 Å². The molecule has 1 aromatic carbocycles. The monoisotopic (exact) mass is 273 g/mol. The number of benzene rings is 1. The van der Waals surface area contributed by atoms with Crippen molar-refractivity contribution in [1.82, 2.24) is 10.3 Å². The number of nitrogens with one attached hydrogen (secondary N) is 2. The molecule has 0 bridgehead atoms. The molecule has 1 unspecified atom stereocenters. The number of carbonyl (C=O) groups is 1. The Morgan fingerprint density at radius 2 is 2.37 bits per heavy atom. The topological polar surface area (TPSA) is 54.0 Å². The van der Waals surface area contributed by atoms with E-state index in [1.54, 1.807) is 11.3 Å². The average molecular weight is 273 g/mol. The molecule has 0 radical (unpaired) electrons. The predicted molar refractivity (Wildman–Crippen MR) is 76.3 cm³/mol. The van der Waals surface area contributed by atoms with Gasteiger partial charge in [-0.05, 0) is 18.6 Å². The highest BCUT2D eigenvalue weighted by Crippen LogP contribution is 2.25. The minimum absolute atomic E-state index is 0.0295. The Morgan fingerprint density at radius 3 is 3.11 bits per heavy atom. The lowest BCUT2D eigenvalue weighted by molar-refractivity contribution is -0.121. The number of hydrogen-bond donors (Lipinski definition) is 2. The maximum absolute atomic E-state index is 12.1. The van der Waals surface area contributed by atoms with Crippen LogP contribution < -0.4 is 10.6 Å². The van der Waals surface area contributed by atoms with Crippen LogP contribution in [0.4, 0.5) is 5.69 Å². The van der Waals surface area contributed by atoms with E-state index in [2.05, 4.69) is 21.7 Å². The molecule has 0 saturated carbocycles. The zero-order valence-corrected chi connectivity index (χ0v) is 11.5. The molecule has 2 heterocycles. The highest BCUT2D eigenvalue weighted by atomic mass is 32.1. The van der Waals surface area contributed by atoms with Gasteiger partial charge in [0, 0.05) is 17.5 Å². The predicted octanol–water partition coefficient (Wildman–Crippen LogP) is 2.10. The van der Waals surface area contributed by atoms with Crippen molar-refractivity contribution in [3.63, 3.8) is 0 Å². The Hall–Kier alpha value is -1.88. The normalized spacial score (nSPS) is 16.8. The summed E-state index contributed by atoms with van der Waals surface area (Å²) in [5.41, 5.74) is 3.19. The second kappa shape index (κ2) is 5.01.